The summed E-state index contributed by atoms with van der Waals surface area (Å²) in [4.78, 5) is 0. The predicted molar refractivity (Wildman–Crippen MR) is 71.3 cm³/mol. The van der Waals surface area contributed by atoms with E-state index in [1.54, 1.807) is 0 Å². The molecular formula is C14H22N2O. The van der Waals surface area contributed by atoms with Crippen LogP contribution < -0.4 is 15.8 Å². The standard InChI is InChI=1S/C14H22N2O/c1-14(2,3)16-8-10-6-11-7-12(15)4-5-13(11)17-9-10/h4-5,7,10,16H,6,8-9,15H2,1-3H3. The lowest BCUT2D eigenvalue weighted by Gasteiger charge is -2.29. The highest BCUT2D eigenvalue weighted by Crippen LogP contribution is 2.28. The number of rotatable bonds is 2. The summed E-state index contributed by atoms with van der Waals surface area (Å²) in [5.41, 5.74) is 8.01. The van der Waals surface area contributed by atoms with Gasteiger partial charge in [0, 0.05) is 23.7 Å². The summed E-state index contributed by atoms with van der Waals surface area (Å²) < 4.78 is 5.76. The van der Waals surface area contributed by atoms with E-state index < -0.39 is 0 Å². The van der Waals surface area contributed by atoms with Crippen molar-refractivity contribution >= 4 is 5.69 Å². The van der Waals surface area contributed by atoms with Crippen LogP contribution in [-0.4, -0.2) is 18.7 Å². The van der Waals surface area contributed by atoms with Crippen molar-refractivity contribution in [2.24, 2.45) is 5.92 Å². The predicted octanol–water partition coefficient (Wildman–Crippen LogP) is 2.21. The van der Waals surface area contributed by atoms with E-state index >= 15 is 0 Å². The molecular weight excluding hydrogens is 212 g/mol. The lowest BCUT2D eigenvalue weighted by atomic mass is 9.95. The number of hydrogen-bond donors (Lipinski definition) is 2. The maximum Gasteiger partial charge on any atom is 0.122 e. The first-order valence-electron chi connectivity index (χ1n) is 6.20. The summed E-state index contributed by atoms with van der Waals surface area (Å²) in [5, 5.41) is 3.53. The highest BCUT2D eigenvalue weighted by molar-refractivity contribution is 5.48. The number of nitrogen functional groups attached to an aromatic ring is 1. The zero-order valence-corrected chi connectivity index (χ0v) is 10.9. The quantitative estimate of drug-likeness (QED) is 0.771. The topological polar surface area (TPSA) is 47.3 Å². The minimum Gasteiger partial charge on any atom is -0.493 e. The van der Waals surface area contributed by atoms with E-state index in [1.807, 2.05) is 18.2 Å². The van der Waals surface area contributed by atoms with E-state index in [0.29, 0.717) is 5.92 Å². The molecule has 1 aromatic carbocycles. The summed E-state index contributed by atoms with van der Waals surface area (Å²) in [5.74, 6) is 1.52. The second-order valence-corrected chi connectivity index (χ2v) is 5.88. The Balaban J connectivity index is 1.98. The molecule has 17 heavy (non-hydrogen) atoms. The summed E-state index contributed by atoms with van der Waals surface area (Å²) in [6, 6.07) is 5.89. The van der Waals surface area contributed by atoms with E-state index in [2.05, 4.69) is 26.1 Å². The number of ether oxygens (including phenoxy) is 1. The van der Waals surface area contributed by atoms with Crippen LogP contribution in [0.15, 0.2) is 18.2 Å². The van der Waals surface area contributed by atoms with Crippen LogP contribution in [0, 0.1) is 5.92 Å². The van der Waals surface area contributed by atoms with Gasteiger partial charge in [-0.25, -0.2) is 0 Å². The van der Waals surface area contributed by atoms with E-state index in [9.17, 15) is 0 Å². The van der Waals surface area contributed by atoms with Gasteiger partial charge in [-0.05, 0) is 51.0 Å². The van der Waals surface area contributed by atoms with Crippen LogP contribution in [0.1, 0.15) is 26.3 Å². The third-order valence-electron chi connectivity index (χ3n) is 2.99. The van der Waals surface area contributed by atoms with Gasteiger partial charge in [-0.15, -0.1) is 0 Å². The molecule has 1 aliphatic heterocycles. The van der Waals surface area contributed by atoms with Crippen molar-refractivity contribution in [1.82, 2.24) is 5.32 Å². The number of nitrogens with one attached hydrogen (secondary N) is 1. The Morgan fingerprint density at radius 1 is 1.41 bits per heavy atom. The maximum atomic E-state index is 5.80. The van der Waals surface area contributed by atoms with Crippen molar-refractivity contribution in [2.45, 2.75) is 32.7 Å². The van der Waals surface area contributed by atoms with Crippen molar-refractivity contribution in [3.63, 3.8) is 0 Å². The minimum atomic E-state index is 0.163. The van der Waals surface area contributed by atoms with Crippen molar-refractivity contribution in [1.29, 1.82) is 0 Å². The number of benzene rings is 1. The van der Waals surface area contributed by atoms with Gasteiger partial charge in [0.05, 0.1) is 6.61 Å². The maximum absolute atomic E-state index is 5.80. The van der Waals surface area contributed by atoms with Gasteiger partial charge in [-0.2, -0.15) is 0 Å². The molecule has 3 N–H and O–H groups in total. The average Bonchev–Trinajstić information content (AvgIpc) is 2.24. The molecule has 2 rings (SSSR count). The number of fused-ring (bicyclic) bond motifs is 1. The third kappa shape index (κ3) is 3.37. The van der Waals surface area contributed by atoms with Crippen LogP contribution in [0.3, 0.4) is 0 Å². The molecule has 1 unspecified atom stereocenters. The molecule has 0 aliphatic carbocycles. The molecule has 0 saturated carbocycles. The van der Waals surface area contributed by atoms with Gasteiger partial charge in [-0.1, -0.05) is 0 Å². The Labute approximate surface area is 103 Å². The summed E-state index contributed by atoms with van der Waals surface area (Å²) in [6.45, 7) is 8.32. The SMILES string of the molecule is CC(C)(C)NCC1COc2ccc(N)cc2C1. The number of anilines is 1. The fourth-order valence-corrected chi connectivity index (χ4v) is 2.06. The lowest BCUT2D eigenvalue weighted by Crippen LogP contribution is -2.41. The monoisotopic (exact) mass is 234 g/mol. The zero-order valence-electron chi connectivity index (χ0n) is 10.9. The molecule has 0 bridgehead atoms. The third-order valence-corrected chi connectivity index (χ3v) is 2.99. The van der Waals surface area contributed by atoms with Crippen molar-refractivity contribution in [3.05, 3.63) is 23.8 Å². The first kappa shape index (κ1) is 12.2. The van der Waals surface area contributed by atoms with E-state index in [4.69, 9.17) is 10.5 Å². The molecule has 0 radical (unpaired) electrons. The fraction of sp³-hybridized carbons (Fsp3) is 0.571. The van der Waals surface area contributed by atoms with Gasteiger partial charge in [0.1, 0.15) is 5.75 Å². The molecule has 1 aliphatic rings. The van der Waals surface area contributed by atoms with Crippen LogP contribution in [0.5, 0.6) is 5.75 Å². The van der Waals surface area contributed by atoms with Gasteiger partial charge in [0.2, 0.25) is 0 Å². The Bertz CT molecular complexity index is 396. The second kappa shape index (κ2) is 4.57. The molecule has 94 valence electrons. The largest absolute Gasteiger partial charge is 0.493 e. The highest BCUT2D eigenvalue weighted by atomic mass is 16.5. The van der Waals surface area contributed by atoms with Gasteiger partial charge in [0.25, 0.3) is 0 Å². The van der Waals surface area contributed by atoms with Crippen LogP contribution in [-0.2, 0) is 6.42 Å². The molecule has 0 spiro atoms. The van der Waals surface area contributed by atoms with E-state index in [0.717, 1.165) is 31.0 Å². The second-order valence-electron chi connectivity index (χ2n) is 5.88. The van der Waals surface area contributed by atoms with Crippen LogP contribution in [0.2, 0.25) is 0 Å². The summed E-state index contributed by atoms with van der Waals surface area (Å²) in [7, 11) is 0. The lowest BCUT2D eigenvalue weighted by molar-refractivity contribution is 0.209. The molecule has 1 heterocycles. The molecule has 0 aromatic heterocycles. The normalized spacial score (nSPS) is 19.6. The van der Waals surface area contributed by atoms with Crippen LogP contribution >= 0.6 is 0 Å². The fourth-order valence-electron chi connectivity index (χ4n) is 2.06. The Hall–Kier alpha value is -1.22. The van der Waals surface area contributed by atoms with Crippen LogP contribution in [0.25, 0.3) is 0 Å². The average molecular weight is 234 g/mol. The van der Waals surface area contributed by atoms with Crippen molar-refractivity contribution in [2.75, 3.05) is 18.9 Å². The Morgan fingerprint density at radius 3 is 2.88 bits per heavy atom. The zero-order chi connectivity index (χ0) is 12.5. The molecule has 0 fully saturated rings. The molecule has 0 saturated heterocycles. The number of hydrogen-bond acceptors (Lipinski definition) is 3. The first-order valence-corrected chi connectivity index (χ1v) is 6.20. The van der Waals surface area contributed by atoms with Crippen molar-refractivity contribution < 1.29 is 4.74 Å². The van der Waals surface area contributed by atoms with Gasteiger partial charge in [0.15, 0.2) is 0 Å². The molecule has 3 heteroatoms. The molecule has 1 aromatic rings. The highest BCUT2D eigenvalue weighted by Gasteiger charge is 2.21. The van der Waals surface area contributed by atoms with Crippen molar-refractivity contribution in [3.8, 4) is 5.75 Å². The summed E-state index contributed by atoms with van der Waals surface area (Å²) in [6.07, 6.45) is 1.05. The van der Waals surface area contributed by atoms with Gasteiger partial charge in [-0.3, -0.25) is 0 Å². The minimum absolute atomic E-state index is 0.163. The first-order chi connectivity index (χ1) is 7.94. The molecule has 3 nitrogen and oxygen atoms in total. The molecule has 1 atom stereocenters. The smallest absolute Gasteiger partial charge is 0.122 e. The summed E-state index contributed by atoms with van der Waals surface area (Å²) >= 11 is 0. The Morgan fingerprint density at radius 2 is 2.18 bits per heavy atom. The number of nitrogens with two attached hydrogens (primary N) is 1. The Kier molecular flexibility index (Phi) is 3.29. The van der Waals surface area contributed by atoms with E-state index in [-0.39, 0.29) is 5.54 Å². The van der Waals surface area contributed by atoms with Gasteiger partial charge >= 0.3 is 0 Å². The van der Waals surface area contributed by atoms with Crippen LogP contribution in [0.4, 0.5) is 5.69 Å². The molecule has 0 amide bonds. The van der Waals surface area contributed by atoms with E-state index in [1.165, 1.54) is 5.56 Å². The van der Waals surface area contributed by atoms with Gasteiger partial charge < -0.3 is 15.8 Å².